The smallest absolute Gasteiger partial charge is 0.273 e. The Kier molecular flexibility index (Phi) is 4.65. The third-order valence-corrected chi connectivity index (χ3v) is 2.38. The normalized spacial score (nSPS) is 12.4. The number of hydrogen-bond acceptors (Lipinski definition) is 3. The summed E-state index contributed by atoms with van der Waals surface area (Å²) in [5.41, 5.74) is 0.329. The number of hydrogen-bond donors (Lipinski definition) is 1. The molecule has 14 heavy (non-hydrogen) atoms. The van der Waals surface area contributed by atoms with Crippen molar-refractivity contribution in [2.45, 2.75) is 25.8 Å². The van der Waals surface area contributed by atoms with Crippen LogP contribution in [0.15, 0.2) is 16.9 Å². The van der Waals surface area contributed by atoms with Gasteiger partial charge in [0.2, 0.25) is 0 Å². The maximum atomic E-state index is 11.4. The molecule has 1 aromatic heterocycles. The molecule has 0 fully saturated rings. The molecular weight excluding hydrogens is 248 g/mol. The van der Waals surface area contributed by atoms with Crippen molar-refractivity contribution < 1.29 is 9.32 Å². The van der Waals surface area contributed by atoms with Crippen molar-refractivity contribution in [2.75, 3.05) is 5.33 Å². The number of alkyl halides is 1. The summed E-state index contributed by atoms with van der Waals surface area (Å²) >= 11 is 3.34. The summed E-state index contributed by atoms with van der Waals surface area (Å²) in [4.78, 5) is 11.4. The van der Waals surface area contributed by atoms with Gasteiger partial charge in [-0.05, 0) is 19.8 Å². The molecule has 1 heterocycles. The van der Waals surface area contributed by atoms with Gasteiger partial charge in [-0.1, -0.05) is 21.1 Å². The minimum absolute atomic E-state index is 0.164. The van der Waals surface area contributed by atoms with Crippen molar-refractivity contribution in [3.8, 4) is 0 Å². The quantitative estimate of drug-likeness (QED) is 0.824. The molecule has 4 nitrogen and oxygen atoms in total. The Balaban J connectivity index is 2.34. The second-order valence-corrected chi connectivity index (χ2v) is 3.88. The summed E-state index contributed by atoms with van der Waals surface area (Å²) in [6.45, 7) is 1.97. The molecule has 5 heteroatoms. The number of aromatic nitrogens is 1. The van der Waals surface area contributed by atoms with Crippen LogP contribution in [0, 0.1) is 0 Å². The summed E-state index contributed by atoms with van der Waals surface area (Å²) in [5, 5.41) is 7.34. The van der Waals surface area contributed by atoms with E-state index in [-0.39, 0.29) is 11.9 Å². The molecular formula is C9H13BrN2O2. The van der Waals surface area contributed by atoms with E-state index in [1.54, 1.807) is 6.07 Å². The van der Waals surface area contributed by atoms with E-state index in [2.05, 4.69) is 30.9 Å². The van der Waals surface area contributed by atoms with Crippen molar-refractivity contribution >= 4 is 21.8 Å². The number of carbonyl (C=O) groups is 1. The van der Waals surface area contributed by atoms with E-state index in [1.165, 1.54) is 6.26 Å². The van der Waals surface area contributed by atoms with Gasteiger partial charge in [0, 0.05) is 17.4 Å². The highest BCUT2D eigenvalue weighted by Crippen LogP contribution is 2.01. The molecule has 0 aliphatic carbocycles. The van der Waals surface area contributed by atoms with Gasteiger partial charge in [0.05, 0.1) is 0 Å². The minimum Gasteiger partial charge on any atom is -0.364 e. The average Bonchev–Trinajstić information content (AvgIpc) is 2.67. The third-order valence-electron chi connectivity index (χ3n) is 1.82. The molecule has 78 valence electrons. The molecule has 0 aliphatic heterocycles. The Morgan fingerprint density at radius 3 is 3.14 bits per heavy atom. The van der Waals surface area contributed by atoms with Gasteiger partial charge in [-0.2, -0.15) is 0 Å². The number of halogens is 1. The zero-order valence-corrected chi connectivity index (χ0v) is 9.58. The van der Waals surface area contributed by atoms with Gasteiger partial charge in [0.15, 0.2) is 5.69 Å². The first-order valence-electron chi connectivity index (χ1n) is 4.51. The fourth-order valence-electron chi connectivity index (χ4n) is 1.08. The maximum absolute atomic E-state index is 11.4. The van der Waals surface area contributed by atoms with Gasteiger partial charge in [-0.3, -0.25) is 4.79 Å². The number of amides is 1. The highest BCUT2D eigenvalue weighted by atomic mass is 79.9. The van der Waals surface area contributed by atoms with Crippen LogP contribution in [-0.2, 0) is 0 Å². The van der Waals surface area contributed by atoms with E-state index >= 15 is 0 Å². The van der Waals surface area contributed by atoms with Crippen molar-refractivity contribution in [1.82, 2.24) is 10.5 Å². The maximum Gasteiger partial charge on any atom is 0.273 e. The van der Waals surface area contributed by atoms with Crippen molar-refractivity contribution in [3.63, 3.8) is 0 Å². The lowest BCUT2D eigenvalue weighted by Gasteiger charge is -2.11. The van der Waals surface area contributed by atoms with E-state index in [0.29, 0.717) is 5.69 Å². The lowest BCUT2D eigenvalue weighted by atomic mass is 10.2. The van der Waals surface area contributed by atoms with Crippen molar-refractivity contribution in [3.05, 3.63) is 18.0 Å². The fraction of sp³-hybridized carbons (Fsp3) is 0.556. The van der Waals surface area contributed by atoms with Crippen LogP contribution in [-0.4, -0.2) is 22.4 Å². The van der Waals surface area contributed by atoms with E-state index in [4.69, 9.17) is 0 Å². The lowest BCUT2D eigenvalue weighted by Crippen LogP contribution is -2.32. The molecule has 1 N–H and O–H groups in total. The van der Waals surface area contributed by atoms with Crippen LogP contribution >= 0.6 is 15.9 Å². The molecule has 0 spiro atoms. The summed E-state index contributed by atoms with van der Waals surface area (Å²) < 4.78 is 4.58. The zero-order chi connectivity index (χ0) is 10.4. The Labute approximate surface area is 91.2 Å². The molecule has 0 bridgehead atoms. The standard InChI is InChI=1S/C9H13BrN2O2/c1-7(3-2-5-10)11-9(13)8-4-6-14-12-8/h4,6-7H,2-3,5H2,1H3,(H,11,13). The molecule has 0 aliphatic rings. The van der Waals surface area contributed by atoms with Gasteiger partial charge in [-0.15, -0.1) is 0 Å². The van der Waals surface area contributed by atoms with Gasteiger partial charge in [0.25, 0.3) is 5.91 Å². The predicted octanol–water partition coefficient (Wildman–Crippen LogP) is 1.97. The molecule has 1 atom stereocenters. The number of rotatable bonds is 5. The molecule has 0 radical (unpaired) electrons. The van der Waals surface area contributed by atoms with E-state index < -0.39 is 0 Å². The second-order valence-electron chi connectivity index (χ2n) is 3.09. The average molecular weight is 261 g/mol. The largest absolute Gasteiger partial charge is 0.364 e. The SMILES string of the molecule is CC(CCCBr)NC(=O)c1ccon1. The summed E-state index contributed by atoms with van der Waals surface area (Å²) in [6.07, 6.45) is 3.38. The fourth-order valence-corrected chi connectivity index (χ4v) is 1.41. The summed E-state index contributed by atoms with van der Waals surface area (Å²) in [5.74, 6) is -0.180. The Bertz CT molecular complexity index is 274. The van der Waals surface area contributed by atoms with E-state index in [9.17, 15) is 4.79 Å². The van der Waals surface area contributed by atoms with Crippen LogP contribution in [0.25, 0.3) is 0 Å². The first-order chi connectivity index (χ1) is 6.74. The monoisotopic (exact) mass is 260 g/mol. The summed E-state index contributed by atoms with van der Waals surface area (Å²) in [6, 6.07) is 1.71. The van der Waals surface area contributed by atoms with Gasteiger partial charge >= 0.3 is 0 Å². The number of nitrogens with one attached hydrogen (secondary N) is 1. The zero-order valence-electron chi connectivity index (χ0n) is 8.00. The second kappa shape index (κ2) is 5.80. The van der Waals surface area contributed by atoms with Crippen molar-refractivity contribution in [2.24, 2.45) is 0 Å². The Morgan fingerprint density at radius 2 is 2.57 bits per heavy atom. The van der Waals surface area contributed by atoms with Crippen LogP contribution in [0.3, 0.4) is 0 Å². The Hall–Kier alpha value is -0.840. The summed E-state index contributed by atoms with van der Waals surface area (Å²) in [7, 11) is 0. The van der Waals surface area contributed by atoms with Crippen LogP contribution in [0.1, 0.15) is 30.3 Å². The lowest BCUT2D eigenvalue weighted by molar-refractivity contribution is 0.0929. The molecule has 1 aromatic rings. The van der Waals surface area contributed by atoms with E-state index in [1.807, 2.05) is 6.92 Å². The van der Waals surface area contributed by atoms with Crippen LogP contribution in [0.4, 0.5) is 0 Å². The molecule has 1 unspecified atom stereocenters. The molecule has 1 rings (SSSR count). The first-order valence-corrected chi connectivity index (χ1v) is 5.63. The first kappa shape index (κ1) is 11.2. The van der Waals surface area contributed by atoms with Gasteiger partial charge in [0.1, 0.15) is 6.26 Å². The van der Waals surface area contributed by atoms with Crippen LogP contribution in [0.5, 0.6) is 0 Å². The molecule has 0 aromatic carbocycles. The highest BCUT2D eigenvalue weighted by Gasteiger charge is 2.11. The number of nitrogens with zero attached hydrogens (tertiary/aromatic N) is 1. The minimum atomic E-state index is -0.180. The van der Waals surface area contributed by atoms with Crippen LogP contribution in [0.2, 0.25) is 0 Å². The Morgan fingerprint density at radius 1 is 1.79 bits per heavy atom. The predicted molar refractivity (Wildman–Crippen MR) is 56.5 cm³/mol. The molecule has 0 saturated heterocycles. The molecule has 0 saturated carbocycles. The van der Waals surface area contributed by atoms with Crippen molar-refractivity contribution in [1.29, 1.82) is 0 Å². The van der Waals surface area contributed by atoms with Crippen LogP contribution < -0.4 is 5.32 Å². The molecule has 1 amide bonds. The third kappa shape index (κ3) is 3.49. The number of carbonyl (C=O) groups excluding carboxylic acids is 1. The van der Waals surface area contributed by atoms with Gasteiger partial charge < -0.3 is 9.84 Å². The van der Waals surface area contributed by atoms with Gasteiger partial charge in [-0.25, -0.2) is 0 Å². The highest BCUT2D eigenvalue weighted by molar-refractivity contribution is 9.09. The van der Waals surface area contributed by atoms with E-state index in [0.717, 1.165) is 18.2 Å². The topological polar surface area (TPSA) is 55.1 Å².